The zero-order chi connectivity index (χ0) is 15.6. The average molecular weight is 299 g/mol. The number of nitrogens with two attached hydrogens (primary N) is 1. The summed E-state index contributed by atoms with van der Waals surface area (Å²) in [6.45, 7) is 0.534. The third-order valence-corrected chi connectivity index (χ3v) is 4.07. The lowest BCUT2D eigenvalue weighted by Crippen LogP contribution is -1.96. The fraction of sp³-hybridized carbons (Fsp3) is 0.0500. The molecule has 3 heteroatoms. The Labute approximate surface area is 134 Å². The molecule has 23 heavy (non-hydrogen) atoms. The van der Waals surface area contributed by atoms with Gasteiger partial charge in [-0.15, -0.1) is 0 Å². The Balaban J connectivity index is 1.73. The van der Waals surface area contributed by atoms with E-state index in [2.05, 4.69) is 58.5 Å². The van der Waals surface area contributed by atoms with Gasteiger partial charge in [-0.05, 0) is 28.5 Å². The number of H-pyrrole nitrogens is 1. The van der Waals surface area contributed by atoms with E-state index in [1.54, 1.807) is 0 Å². The Morgan fingerprint density at radius 2 is 1.70 bits per heavy atom. The van der Waals surface area contributed by atoms with Crippen molar-refractivity contribution in [1.29, 1.82) is 0 Å². The molecule has 0 aliphatic heterocycles. The molecular weight excluding hydrogens is 282 g/mol. The van der Waals surface area contributed by atoms with Crippen LogP contribution in [0.4, 0.5) is 0 Å². The van der Waals surface area contributed by atoms with Gasteiger partial charge in [-0.1, -0.05) is 54.6 Å². The van der Waals surface area contributed by atoms with Crippen molar-refractivity contribution < 1.29 is 0 Å². The number of imidazole rings is 1. The van der Waals surface area contributed by atoms with Crippen LogP contribution in [0, 0.1) is 0 Å². The molecule has 0 saturated carbocycles. The number of nitrogens with one attached hydrogen (secondary N) is 1. The monoisotopic (exact) mass is 299 g/mol. The minimum atomic E-state index is 0.534. The Bertz CT molecular complexity index is 969. The fourth-order valence-corrected chi connectivity index (χ4v) is 2.82. The zero-order valence-corrected chi connectivity index (χ0v) is 12.7. The second-order valence-electron chi connectivity index (χ2n) is 5.61. The maximum absolute atomic E-state index is 5.72. The zero-order valence-electron chi connectivity index (χ0n) is 12.7. The van der Waals surface area contributed by atoms with E-state index in [0.29, 0.717) is 6.54 Å². The van der Waals surface area contributed by atoms with Gasteiger partial charge >= 0.3 is 0 Å². The van der Waals surface area contributed by atoms with E-state index in [-0.39, 0.29) is 0 Å². The largest absolute Gasteiger partial charge is 0.338 e. The highest BCUT2D eigenvalue weighted by molar-refractivity contribution is 5.86. The van der Waals surface area contributed by atoms with Gasteiger partial charge in [0.15, 0.2) is 0 Å². The number of aromatic nitrogens is 2. The van der Waals surface area contributed by atoms with Gasteiger partial charge in [-0.2, -0.15) is 0 Å². The van der Waals surface area contributed by atoms with Crippen molar-refractivity contribution in [3.63, 3.8) is 0 Å². The lowest BCUT2D eigenvalue weighted by Gasteiger charge is -2.02. The van der Waals surface area contributed by atoms with Gasteiger partial charge in [0, 0.05) is 17.7 Å². The average Bonchev–Trinajstić information content (AvgIpc) is 3.11. The van der Waals surface area contributed by atoms with Crippen LogP contribution in [0.15, 0.2) is 72.9 Å². The third-order valence-electron chi connectivity index (χ3n) is 4.07. The molecule has 3 nitrogen and oxygen atoms in total. The molecule has 0 amide bonds. The van der Waals surface area contributed by atoms with Crippen LogP contribution in [-0.2, 0) is 6.54 Å². The van der Waals surface area contributed by atoms with Crippen LogP contribution in [0.1, 0.15) is 5.56 Å². The minimum Gasteiger partial charge on any atom is -0.338 e. The summed E-state index contributed by atoms with van der Waals surface area (Å²) in [5.41, 5.74) is 10.0. The first-order chi connectivity index (χ1) is 11.3. The van der Waals surface area contributed by atoms with Crippen LogP contribution in [-0.4, -0.2) is 9.97 Å². The summed E-state index contributed by atoms with van der Waals surface area (Å²) < 4.78 is 0. The number of hydrogen-bond donors (Lipinski definition) is 2. The van der Waals surface area contributed by atoms with Crippen molar-refractivity contribution in [2.75, 3.05) is 0 Å². The second kappa shape index (κ2) is 5.71. The highest BCUT2D eigenvalue weighted by Gasteiger charge is 2.06. The Hall–Kier alpha value is -2.91. The minimum absolute atomic E-state index is 0.534. The van der Waals surface area contributed by atoms with Crippen molar-refractivity contribution in [1.82, 2.24) is 9.97 Å². The third kappa shape index (κ3) is 2.62. The van der Waals surface area contributed by atoms with E-state index in [1.807, 2.05) is 24.4 Å². The van der Waals surface area contributed by atoms with Gasteiger partial charge in [0.05, 0.1) is 11.9 Å². The normalized spacial score (nSPS) is 11.0. The summed E-state index contributed by atoms with van der Waals surface area (Å²) in [6.07, 6.45) is 1.88. The van der Waals surface area contributed by atoms with Crippen molar-refractivity contribution in [3.05, 3.63) is 78.5 Å². The summed E-state index contributed by atoms with van der Waals surface area (Å²) in [4.78, 5) is 7.93. The molecule has 0 fully saturated rings. The molecule has 0 aliphatic rings. The van der Waals surface area contributed by atoms with Gasteiger partial charge < -0.3 is 10.7 Å². The molecule has 3 aromatic carbocycles. The van der Waals surface area contributed by atoms with E-state index in [9.17, 15) is 0 Å². The number of aromatic amines is 1. The molecule has 0 radical (unpaired) electrons. The van der Waals surface area contributed by atoms with Crippen molar-refractivity contribution >= 4 is 10.8 Å². The summed E-state index contributed by atoms with van der Waals surface area (Å²) in [6, 6.07) is 23.0. The molecule has 0 spiro atoms. The van der Waals surface area contributed by atoms with Crippen LogP contribution < -0.4 is 5.73 Å². The maximum atomic E-state index is 5.72. The standard InChI is InChI=1S/C20H17N3/c21-12-14-4-3-7-18(10-14)20-22-13-19(23-20)17-9-8-15-5-1-2-6-16(15)11-17/h1-11,13H,12,21H2,(H,22,23). The lowest BCUT2D eigenvalue weighted by atomic mass is 10.1. The molecule has 1 aromatic heterocycles. The highest BCUT2D eigenvalue weighted by Crippen LogP contribution is 2.25. The first kappa shape index (κ1) is 13.7. The predicted octanol–water partition coefficient (Wildman–Crippen LogP) is 4.36. The lowest BCUT2D eigenvalue weighted by molar-refractivity contribution is 1.07. The number of rotatable bonds is 3. The van der Waals surface area contributed by atoms with E-state index >= 15 is 0 Å². The van der Waals surface area contributed by atoms with Crippen LogP contribution in [0.3, 0.4) is 0 Å². The van der Waals surface area contributed by atoms with Crippen LogP contribution in [0.2, 0.25) is 0 Å². The maximum Gasteiger partial charge on any atom is 0.137 e. The molecule has 0 aliphatic carbocycles. The summed E-state index contributed by atoms with van der Waals surface area (Å²) in [5, 5.41) is 2.47. The Morgan fingerprint density at radius 3 is 2.57 bits per heavy atom. The molecule has 112 valence electrons. The molecule has 0 atom stereocenters. The van der Waals surface area contributed by atoms with Gasteiger partial charge in [-0.25, -0.2) is 4.98 Å². The van der Waals surface area contributed by atoms with E-state index in [1.165, 1.54) is 10.8 Å². The Morgan fingerprint density at radius 1 is 0.826 bits per heavy atom. The van der Waals surface area contributed by atoms with Gasteiger partial charge in [0.1, 0.15) is 5.82 Å². The van der Waals surface area contributed by atoms with E-state index in [0.717, 1.165) is 28.2 Å². The predicted molar refractivity (Wildman–Crippen MR) is 94.9 cm³/mol. The first-order valence-electron chi connectivity index (χ1n) is 7.67. The van der Waals surface area contributed by atoms with Crippen LogP contribution >= 0.6 is 0 Å². The summed E-state index contributed by atoms with van der Waals surface area (Å²) in [5.74, 6) is 0.864. The fourth-order valence-electron chi connectivity index (χ4n) is 2.82. The Kier molecular flexibility index (Phi) is 3.41. The van der Waals surface area contributed by atoms with Gasteiger partial charge in [0.2, 0.25) is 0 Å². The summed E-state index contributed by atoms with van der Waals surface area (Å²) in [7, 11) is 0. The van der Waals surface area contributed by atoms with E-state index in [4.69, 9.17) is 5.73 Å². The molecule has 0 bridgehead atoms. The molecule has 1 heterocycles. The van der Waals surface area contributed by atoms with Crippen LogP contribution in [0.5, 0.6) is 0 Å². The van der Waals surface area contributed by atoms with Crippen molar-refractivity contribution in [3.8, 4) is 22.6 Å². The molecular formula is C20H17N3. The molecule has 0 saturated heterocycles. The molecule has 4 aromatic rings. The number of benzene rings is 3. The topological polar surface area (TPSA) is 54.7 Å². The number of nitrogens with zero attached hydrogens (tertiary/aromatic N) is 1. The quantitative estimate of drug-likeness (QED) is 0.590. The van der Waals surface area contributed by atoms with Gasteiger partial charge in [0.25, 0.3) is 0 Å². The summed E-state index contributed by atoms with van der Waals surface area (Å²) >= 11 is 0. The first-order valence-corrected chi connectivity index (χ1v) is 7.67. The van der Waals surface area contributed by atoms with E-state index < -0.39 is 0 Å². The van der Waals surface area contributed by atoms with Crippen LogP contribution in [0.25, 0.3) is 33.4 Å². The smallest absolute Gasteiger partial charge is 0.137 e. The molecule has 0 unspecified atom stereocenters. The van der Waals surface area contributed by atoms with Gasteiger partial charge in [-0.3, -0.25) is 0 Å². The molecule has 4 rings (SSSR count). The number of fused-ring (bicyclic) bond motifs is 1. The van der Waals surface area contributed by atoms with Crippen molar-refractivity contribution in [2.45, 2.75) is 6.54 Å². The highest BCUT2D eigenvalue weighted by atomic mass is 14.9. The number of hydrogen-bond acceptors (Lipinski definition) is 2. The SMILES string of the molecule is NCc1cccc(-c2ncc(-c3ccc4ccccc4c3)[nH]2)c1. The van der Waals surface area contributed by atoms with Crippen molar-refractivity contribution in [2.24, 2.45) is 5.73 Å². The molecule has 3 N–H and O–H groups in total. The second-order valence-corrected chi connectivity index (χ2v) is 5.61.